The van der Waals surface area contributed by atoms with Crippen LogP contribution in [0.5, 0.6) is 0 Å². The predicted molar refractivity (Wildman–Crippen MR) is 83.9 cm³/mol. The number of hydrogen-bond acceptors (Lipinski definition) is 3. The monoisotopic (exact) mass is 318 g/mol. The Morgan fingerprint density at radius 3 is 2.00 bits per heavy atom. The maximum Gasteiger partial charge on any atom is 0.243 e. The van der Waals surface area contributed by atoms with Crippen molar-refractivity contribution < 1.29 is 8.42 Å². The summed E-state index contributed by atoms with van der Waals surface area (Å²) >= 11 is 0. The molecule has 0 aromatic heterocycles. The Bertz CT molecular complexity index is 556. The summed E-state index contributed by atoms with van der Waals surface area (Å²) in [5.41, 5.74) is 8.58. The van der Waals surface area contributed by atoms with Crippen molar-refractivity contribution in [3.63, 3.8) is 0 Å². The lowest BCUT2D eigenvalue weighted by molar-refractivity contribution is 0.320. The number of benzene rings is 1. The molecule has 2 rings (SSSR count). The maximum atomic E-state index is 12.7. The molecule has 1 aliphatic rings. The summed E-state index contributed by atoms with van der Waals surface area (Å²) in [6.07, 6.45) is 1.48. The van der Waals surface area contributed by atoms with Crippen LogP contribution >= 0.6 is 12.4 Å². The summed E-state index contributed by atoms with van der Waals surface area (Å²) in [7, 11) is -3.39. The number of rotatable bonds is 2. The van der Waals surface area contributed by atoms with Gasteiger partial charge in [-0.2, -0.15) is 4.31 Å². The van der Waals surface area contributed by atoms with Gasteiger partial charge < -0.3 is 5.73 Å². The first kappa shape index (κ1) is 17.4. The molecule has 1 aromatic rings. The van der Waals surface area contributed by atoms with E-state index in [2.05, 4.69) is 0 Å². The molecule has 0 spiro atoms. The van der Waals surface area contributed by atoms with E-state index in [9.17, 15) is 8.42 Å². The lowest BCUT2D eigenvalue weighted by Crippen LogP contribution is -2.43. The summed E-state index contributed by atoms with van der Waals surface area (Å²) in [4.78, 5) is 0.466. The summed E-state index contributed by atoms with van der Waals surface area (Å²) in [6, 6.07) is 3.98. The van der Waals surface area contributed by atoms with Gasteiger partial charge in [0.1, 0.15) is 0 Å². The zero-order chi connectivity index (χ0) is 14.2. The highest BCUT2D eigenvalue weighted by molar-refractivity contribution is 7.89. The van der Waals surface area contributed by atoms with E-state index in [0.717, 1.165) is 29.5 Å². The molecule has 6 heteroatoms. The van der Waals surface area contributed by atoms with Crippen LogP contribution in [0.1, 0.15) is 29.5 Å². The first-order valence-electron chi connectivity index (χ1n) is 6.66. The Balaban J connectivity index is 0.00000200. The van der Waals surface area contributed by atoms with Gasteiger partial charge in [-0.3, -0.25) is 0 Å². The number of nitrogens with zero attached hydrogens (tertiary/aromatic N) is 1. The lowest BCUT2D eigenvalue weighted by atomic mass is 10.1. The molecule has 1 aliphatic heterocycles. The van der Waals surface area contributed by atoms with Crippen LogP contribution in [0.4, 0.5) is 0 Å². The van der Waals surface area contributed by atoms with Crippen LogP contribution in [-0.4, -0.2) is 31.9 Å². The van der Waals surface area contributed by atoms with Crippen molar-refractivity contribution in [1.82, 2.24) is 4.31 Å². The van der Waals surface area contributed by atoms with Gasteiger partial charge in [0.2, 0.25) is 10.0 Å². The van der Waals surface area contributed by atoms with Crippen LogP contribution < -0.4 is 5.73 Å². The van der Waals surface area contributed by atoms with Crippen LogP contribution in [-0.2, 0) is 10.0 Å². The highest BCUT2D eigenvalue weighted by Crippen LogP contribution is 2.27. The number of hydrogen-bond donors (Lipinski definition) is 1. The average molecular weight is 319 g/mol. The van der Waals surface area contributed by atoms with E-state index in [1.807, 2.05) is 32.9 Å². The van der Waals surface area contributed by atoms with Gasteiger partial charge in [0.05, 0.1) is 4.90 Å². The molecule has 1 aromatic carbocycles. The fourth-order valence-corrected chi connectivity index (χ4v) is 4.70. The normalized spacial score (nSPS) is 17.8. The molecule has 0 bridgehead atoms. The second kappa shape index (κ2) is 6.43. The Morgan fingerprint density at radius 2 is 1.55 bits per heavy atom. The van der Waals surface area contributed by atoms with E-state index in [1.165, 1.54) is 0 Å². The quantitative estimate of drug-likeness (QED) is 0.908. The molecule has 114 valence electrons. The van der Waals surface area contributed by atoms with Crippen molar-refractivity contribution in [1.29, 1.82) is 0 Å². The summed E-state index contributed by atoms with van der Waals surface area (Å²) in [5.74, 6) is 0. The van der Waals surface area contributed by atoms with Crippen molar-refractivity contribution in [3.8, 4) is 0 Å². The van der Waals surface area contributed by atoms with Gasteiger partial charge >= 0.3 is 0 Å². The number of halogens is 1. The zero-order valence-electron chi connectivity index (χ0n) is 12.2. The van der Waals surface area contributed by atoms with Crippen molar-refractivity contribution in [2.45, 2.75) is 44.6 Å². The van der Waals surface area contributed by atoms with E-state index in [-0.39, 0.29) is 18.4 Å². The van der Waals surface area contributed by atoms with Crippen molar-refractivity contribution in [2.75, 3.05) is 13.1 Å². The second-order valence-electron chi connectivity index (χ2n) is 5.47. The predicted octanol–water partition coefficient (Wildman–Crippen LogP) is 2.15. The molecule has 1 fully saturated rings. The Morgan fingerprint density at radius 1 is 1.10 bits per heavy atom. The number of sulfonamides is 1. The third-order valence-corrected chi connectivity index (χ3v) is 5.91. The molecule has 0 unspecified atom stereocenters. The number of nitrogens with two attached hydrogens (primary N) is 1. The molecule has 1 heterocycles. The van der Waals surface area contributed by atoms with Crippen LogP contribution in [0.3, 0.4) is 0 Å². The molecule has 0 aliphatic carbocycles. The SMILES string of the molecule is Cc1cc(C)c(S(=O)(=O)N2CCC(N)CC2)c(C)c1.Cl. The van der Waals surface area contributed by atoms with Gasteiger partial charge in [0.15, 0.2) is 0 Å². The molecule has 0 amide bonds. The topological polar surface area (TPSA) is 63.4 Å². The first-order valence-corrected chi connectivity index (χ1v) is 8.10. The Kier molecular flexibility index (Phi) is 5.61. The first-order chi connectivity index (χ1) is 8.82. The van der Waals surface area contributed by atoms with Crippen molar-refractivity contribution >= 4 is 22.4 Å². The smallest absolute Gasteiger partial charge is 0.243 e. The van der Waals surface area contributed by atoms with Gasteiger partial charge in [-0.25, -0.2) is 8.42 Å². The largest absolute Gasteiger partial charge is 0.328 e. The minimum Gasteiger partial charge on any atom is -0.328 e. The van der Waals surface area contributed by atoms with Crippen molar-refractivity contribution in [2.24, 2.45) is 5.73 Å². The van der Waals surface area contributed by atoms with Crippen molar-refractivity contribution in [3.05, 3.63) is 28.8 Å². The molecular formula is C14H23ClN2O2S. The Hall–Kier alpha value is -0.620. The zero-order valence-corrected chi connectivity index (χ0v) is 13.9. The average Bonchev–Trinajstić information content (AvgIpc) is 2.27. The molecule has 0 radical (unpaired) electrons. The van der Waals surface area contributed by atoms with Crippen LogP contribution in [0, 0.1) is 20.8 Å². The van der Waals surface area contributed by atoms with E-state index < -0.39 is 10.0 Å². The van der Waals surface area contributed by atoms with Gasteiger partial charge in [0, 0.05) is 19.1 Å². The van der Waals surface area contributed by atoms with Crippen LogP contribution in [0.2, 0.25) is 0 Å². The number of piperidine rings is 1. The molecule has 1 saturated heterocycles. The van der Waals surface area contributed by atoms with Gasteiger partial charge in [-0.15, -0.1) is 12.4 Å². The minimum atomic E-state index is -3.39. The van der Waals surface area contributed by atoms with Gasteiger partial charge in [0.25, 0.3) is 0 Å². The fraction of sp³-hybridized carbons (Fsp3) is 0.571. The van der Waals surface area contributed by atoms with Crippen LogP contribution in [0.15, 0.2) is 17.0 Å². The van der Waals surface area contributed by atoms with E-state index >= 15 is 0 Å². The third kappa shape index (κ3) is 3.34. The molecule has 4 nitrogen and oxygen atoms in total. The third-order valence-electron chi connectivity index (χ3n) is 3.70. The molecular weight excluding hydrogens is 296 g/mol. The highest BCUT2D eigenvalue weighted by Gasteiger charge is 2.30. The van der Waals surface area contributed by atoms with Gasteiger partial charge in [-0.1, -0.05) is 17.7 Å². The van der Waals surface area contributed by atoms with E-state index in [4.69, 9.17) is 5.73 Å². The van der Waals surface area contributed by atoms with Gasteiger partial charge in [-0.05, 0) is 44.7 Å². The summed E-state index contributed by atoms with van der Waals surface area (Å²) < 4.78 is 27.0. The van der Waals surface area contributed by atoms with E-state index in [1.54, 1.807) is 4.31 Å². The van der Waals surface area contributed by atoms with Crippen LogP contribution in [0.25, 0.3) is 0 Å². The maximum absolute atomic E-state index is 12.7. The molecule has 0 atom stereocenters. The molecule has 0 saturated carbocycles. The molecule has 2 N–H and O–H groups in total. The Labute approximate surface area is 127 Å². The standard InChI is InChI=1S/C14H22N2O2S.ClH/c1-10-8-11(2)14(12(3)9-10)19(17,18)16-6-4-13(15)5-7-16;/h8-9,13H,4-7,15H2,1-3H3;1H. The minimum absolute atomic E-state index is 0. The lowest BCUT2D eigenvalue weighted by Gasteiger charge is -2.30. The highest BCUT2D eigenvalue weighted by atomic mass is 35.5. The van der Waals surface area contributed by atoms with E-state index in [0.29, 0.717) is 18.0 Å². The number of aryl methyl sites for hydroxylation is 3. The molecule has 20 heavy (non-hydrogen) atoms. The second-order valence-corrected chi connectivity index (χ2v) is 7.34. The summed E-state index contributed by atoms with van der Waals surface area (Å²) in [5, 5.41) is 0. The summed E-state index contributed by atoms with van der Waals surface area (Å²) in [6.45, 7) is 6.76. The fourth-order valence-electron chi connectivity index (χ4n) is 2.82.